The molecule has 0 aliphatic carbocycles. The zero-order valence-electron chi connectivity index (χ0n) is 21.4. The fourth-order valence-electron chi connectivity index (χ4n) is 5.71. The summed E-state index contributed by atoms with van der Waals surface area (Å²) in [6, 6.07) is 35.6. The smallest absolute Gasteiger partial charge is 0.226 e. The second kappa shape index (κ2) is 9.95. The first kappa shape index (κ1) is 24.0. The van der Waals surface area contributed by atoms with Crippen LogP contribution in [0.2, 0.25) is 0 Å². The standard InChI is InChI=1S/C32H26NO6P/c1-3-11-20(12-4-1)30-33-27-29(40-38-24-17-9-7-15-22(24)23-16-8-10-18-25(23)39-40)28-26(35-32(27)37-30)19-34-31(36-28)21-13-5-2-6-14-21/h1-18,26-29,31-32H,19H2/t26-,27+,28-,29-,31-,32-/m1/s1. The van der Waals surface area contributed by atoms with E-state index < -0.39 is 32.7 Å². The Labute approximate surface area is 231 Å². The van der Waals surface area contributed by atoms with Crippen molar-refractivity contribution in [2.75, 3.05) is 6.61 Å². The summed E-state index contributed by atoms with van der Waals surface area (Å²) >= 11 is 0. The van der Waals surface area contributed by atoms with Gasteiger partial charge in [-0.1, -0.05) is 84.9 Å². The van der Waals surface area contributed by atoms with E-state index in [0.29, 0.717) is 12.5 Å². The third kappa shape index (κ3) is 4.14. The minimum Gasteiger partial charge on any atom is -0.445 e. The van der Waals surface area contributed by atoms with Crippen LogP contribution in [-0.4, -0.2) is 37.0 Å². The maximum Gasteiger partial charge on any atom is 0.226 e. The predicted molar refractivity (Wildman–Crippen MR) is 152 cm³/mol. The van der Waals surface area contributed by atoms with Crippen LogP contribution in [0.3, 0.4) is 0 Å². The summed E-state index contributed by atoms with van der Waals surface area (Å²) < 4.78 is 39.1. The van der Waals surface area contributed by atoms with Crippen LogP contribution in [0.4, 0.5) is 0 Å². The number of para-hydroxylation sites is 2. The molecular weight excluding hydrogens is 525 g/mol. The van der Waals surface area contributed by atoms with Crippen molar-refractivity contribution < 1.29 is 27.3 Å². The van der Waals surface area contributed by atoms with Crippen molar-refractivity contribution in [1.82, 2.24) is 0 Å². The van der Waals surface area contributed by atoms with Crippen LogP contribution < -0.4 is 0 Å². The highest BCUT2D eigenvalue weighted by Crippen LogP contribution is 2.55. The zero-order chi connectivity index (χ0) is 26.5. The van der Waals surface area contributed by atoms with Gasteiger partial charge in [0.25, 0.3) is 0 Å². The number of benzene rings is 4. The molecule has 4 aromatic carbocycles. The molecule has 3 aliphatic rings. The van der Waals surface area contributed by atoms with Gasteiger partial charge in [0.2, 0.25) is 20.2 Å². The maximum absolute atomic E-state index is 6.76. The molecule has 0 unspecified atom stereocenters. The van der Waals surface area contributed by atoms with Crippen LogP contribution in [0, 0.1) is 0 Å². The Kier molecular flexibility index (Phi) is 5.96. The molecule has 8 rings (SSSR count). The van der Waals surface area contributed by atoms with Crippen molar-refractivity contribution in [2.45, 2.75) is 36.5 Å². The van der Waals surface area contributed by atoms with E-state index in [-0.39, 0.29) is 11.8 Å². The van der Waals surface area contributed by atoms with E-state index in [1.165, 1.54) is 0 Å². The Morgan fingerprint density at radius 1 is 0.675 bits per heavy atom. The van der Waals surface area contributed by atoms with Crippen LogP contribution in [0.5, 0.6) is 0 Å². The minimum atomic E-state index is -1.59. The lowest BCUT2D eigenvalue weighted by atomic mass is 9.99. The number of nitrogens with zero attached hydrogens (tertiary/aromatic N) is 1. The van der Waals surface area contributed by atoms with Gasteiger partial charge in [0.1, 0.15) is 35.1 Å². The highest BCUT2D eigenvalue weighted by molar-refractivity contribution is 7.37. The highest BCUT2D eigenvalue weighted by atomic mass is 31.1. The Balaban J connectivity index is 1.30. The van der Waals surface area contributed by atoms with Gasteiger partial charge in [0.05, 0.1) is 6.61 Å². The van der Waals surface area contributed by atoms with Crippen LogP contribution >= 0.6 is 8.01 Å². The van der Waals surface area contributed by atoms with E-state index in [4.69, 9.17) is 32.3 Å². The Hall–Kier alpha value is -3.87. The first-order valence-corrected chi connectivity index (χ1v) is 14.7. The van der Waals surface area contributed by atoms with Gasteiger partial charge in [0.15, 0.2) is 6.29 Å². The summed E-state index contributed by atoms with van der Waals surface area (Å²) in [5, 5.41) is 1.99. The number of aliphatic imine (C=N–C) groups is 1. The number of fused-ring (bicyclic) bond motifs is 5. The lowest BCUT2D eigenvalue weighted by Gasteiger charge is -2.45. The predicted octanol–water partition coefficient (Wildman–Crippen LogP) is 7.52. The zero-order valence-corrected chi connectivity index (χ0v) is 22.3. The van der Waals surface area contributed by atoms with Crippen molar-refractivity contribution >= 4 is 35.8 Å². The average Bonchev–Trinajstić information content (AvgIpc) is 3.37. The van der Waals surface area contributed by atoms with Gasteiger partial charge < -0.3 is 27.3 Å². The molecule has 0 amide bonds. The second-order valence-corrected chi connectivity index (χ2v) is 11.6. The molecule has 200 valence electrons. The fraction of sp³-hybridized carbons (Fsp3) is 0.219. The molecule has 2 fully saturated rings. The second-order valence-electron chi connectivity index (χ2n) is 10.1. The summed E-state index contributed by atoms with van der Waals surface area (Å²) in [6.45, 7) is 0.352. The van der Waals surface area contributed by atoms with Crippen LogP contribution in [0.1, 0.15) is 23.1 Å². The molecule has 0 N–H and O–H groups in total. The molecule has 40 heavy (non-hydrogen) atoms. The molecule has 8 heteroatoms. The molecule has 0 radical (unpaired) electrons. The SMILES string of the molecule is c1ccc(C2=N[C@@H]3[C@@H](O2)O[C@@H]2CO[C@@H](c4ccccc4)O[C@H]2[C@@H]3p2oc3ccccc3c3ccccc3o2)cc1. The van der Waals surface area contributed by atoms with Gasteiger partial charge in [-0.15, -0.1) is 0 Å². The first-order chi connectivity index (χ1) is 19.8. The molecule has 4 heterocycles. The van der Waals surface area contributed by atoms with Gasteiger partial charge in [-0.2, -0.15) is 0 Å². The summed E-state index contributed by atoms with van der Waals surface area (Å²) in [6.07, 6.45) is -1.91. The van der Waals surface area contributed by atoms with E-state index in [1.54, 1.807) is 0 Å². The lowest BCUT2D eigenvalue weighted by Crippen LogP contribution is -2.55. The monoisotopic (exact) mass is 551 g/mol. The Morgan fingerprint density at radius 2 is 1.30 bits per heavy atom. The maximum atomic E-state index is 6.76. The molecule has 0 bridgehead atoms. The molecule has 2 saturated heterocycles. The largest absolute Gasteiger partial charge is 0.445 e. The van der Waals surface area contributed by atoms with Crippen molar-refractivity contribution in [3.05, 3.63) is 120 Å². The van der Waals surface area contributed by atoms with Gasteiger partial charge in [-0.05, 0) is 24.3 Å². The molecule has 6 atom stereocenters. The van der Waals surface area contributed by atoms with Crippen molar-refractivity contribution in [2.24, 2.45) is 4.99 Å². The minimum absolute atomic E-state index is 0.297. The van der Waals surface area contributed by atoms with E-state index >= 15 is 0 Å². The molecule has 1 aromatic heterocycles. The number of ether oxygens (including phenoxy) is 4. The highest BCUT2D eigenvalue weighted by Gasteiger charge is 2.56. The van der Waals surface area contributed by atoms with Crippen LogP contribution in [0.25, 0.3) is 21.9 Å². The Morgan fingerprint density at radius 3 is 2.00 bits per heavy atom. The van der Waals surface area contributed by atoms with Crippen molar-refractivity contribution in [1.29, 1.82) is 0 Å². The normalized spacial score (nSPS) is 27.4. The molecule has 5 aromatic rings. The summed E-state index contributed by atoms with van der Waals surface area (Å²) in [7, 11) is -1.59. The molecular formula is C32H26NO6P. The average molecular weight is 552 g/mol. The molecule has 0 saturated carbocycles. The number of hydrogen-bond donors (Lipinski definition) is 0. The molecule has 0 spiro atoms. The summed E-state index contributed by atoms with van der Waals surface area (Å²) in [5.41, 5.74) is 3.10. The molecule has 3 aliphatic heterocycles. The lowest BCUT2D eigenvalue weighted by molar-refractivity contribution is -0.309. The fourth-order valence-corrected chi connectivity index (χ4v) is 7.65. The topological polar surface area (TPSA) is 75.6 Å². The van der Waals surface area contributed by atoms with E-state index in [0.717, 1.165) is 33.1 Å². The van der Waals surface area contributed by atoms with Gasteiger partial charge in [0, 0.05) is 21.9 Å². The van der Waals surface area contributed by atoms with Crippen molar-refractivity contribution in [3.63, 3.8) is 0 Å². The number of rotatable bonds is 3. The summed E-state index contributed by atoms with van der Waals surface area (Å²) in [4.78, 5) is 5.07. The third-order valence-electron chi connectivity index (χ3n) is 7.60. The third-order valence-corrected chi connectivity index (χ3v) is 9.44. The van der Waals surface area contributed by atoms with Gasteiger partial charge >= 0.3 is 0 Å². The summed E-state index contributed by atoms with van der Waals surface area (Å²) in [5.74, 6) is 0.547. The quantitative estimate of drug-likeness (QED) is 0.231. The van der Waals surface area contributed by atoms with Crippen LogP contribution in [-0.2, 0) is 18.9 Å². The van der Waals surface area contributed by atoms with Gasteiger partial charge in [-0.25, -0.2) is 4.99 Å². The molecule has 7 nitrogen and oxygen atoms in total. The van der Waals surface area contributed by atoms with E-state index in [2.05, 4.69) is 12.1 Å². The van der Waals surface area contributed by atoms with Gasteiger partial charge in [-0.3, -0.25) is 0 Å². The van der Waals surface area contributed by atoms with E-state index in [1.807, 2.05) is 97.1 Å². The first-order valence-electron chi connectivity index (χ1n) is 13.4. The van der Waals surface area contributed by atoms with Crippen molar-refractivity contribution in [3.8, 4) is 0 Å². The van der Waals surface area contributed by atoms with E-state index in [9.17, 15) is 0 Å². The van der Waals surface area contributed by atoms with Crippen LogP contribution in [0.15, 0.2) is 123 Å². The number of hydrogen-bond acceptors (Lipinski definition) is 7. The Bertz CT molecular complexity index is 1680.